The maximum absolute atomic E-state index is 6.86. The van der Waals surface area contributed by atoms with Crippen LogP contribution in [0.2, 0.25) is 0 Å². The normalized spacial score (nSPS) is 17.6. The smallest absolute Gasteiger partial charge is 0.135 e. The van der Waals surface area contributed by atoms with Crippen LogP contribution in [-0.2, 0) is 5.41 Å². The van der Waals surface area contributed by atoms with Crippen molar-refractivity contribution in [2.24, 2.45) is 0 Å². The molecule has 1 nitrogen and oxygen atoms in total. The Bertz CT molecular complexity index is 1340. The topological polar surface area (TPSA) is 9.23 Å². The molecule has 0 unspecified atom stereocenters. The van der Waals surface area contributed by atoms with Crippen LogP contribution in [0, 0.1) is 6.92 Å². The molecular weight excluding hydrogens is 400 g/mol. The fourth-order valence-corrected chi connectivity index (χ4v) is 6.91. The summed E-state index contributed by atoms with van der Waals surface area (Å²) in [7, 11) is 0. The van der Waals surface area contributed by atoms with Gasteiger partial charge in [-0.2, -0.15) is 0 Å². The monoisotopic (exact) mass is 428 g/mol. The van der Waals surface area contributed by atoms with Gasteiger partial charge in [-0.3, -0.25) is 0 Å². The number of hydrogen-bond donors (Lipinski definition) is 0. The van der Waals surface area contributed by atoms with E-state index in [1.54, 1.807) is 0 Å². The molecular formula is C32H28O. The van der Waals surface area contributed by atoms with Gasteiger partial charge in [0.25, 0.3) is 0 Å². The van der Waals surface area contributed by atoms with Gasteiger partial charge in [0, 0.05) is 11.1 Å². The molecule has 7 rings (SSSR count). The number of fused-ring (bicyclic) bond motifs is 9. The molecule has 3 aliphatic rings. The van der Waals surface area contributed by atoms with E-state index in [-0.39, 0.29) is 5.41 Å². The van der Waals surface area contributed by atoms with Crippen molar-refractivity contribution in [3.05, 3.63) is 118 Å². The van der Waals surface area contributed by atoms with E-state index in [9.17, 15) is 0 Å². The van der Waals surface area contributed by atoms with Crippen LogP contribution in [0.5, 0.6) is 11.5 Å². The lowest BCUT2D eigenvalue weighted by molar-refractivity contribution is 0.399. The molecule has 0 atom stereocenters. The van der Waals surface area contributed by atoms with E-state index in [2.05, 4.69) is 91.9 Å². The first-order valence-corrected chi connectivity index (χ1v) is 12.4. The van der Waals surface area contributed by atoms with Crippen LogP contribution >= 0.6 is 0 Å². The zero-order chi connectivity index (χ0) is 22.0. The molecule has 4 aromatic rings. The van der Waals surface area contributed by atoms with Crippen LogP contribution in [0.1, 0.15) is 71.4 Å². The second-order valence-corrected chi connectivity index (χ2v) is 9.95. The lowest BCUT2D eigenvalue weighted by atomic mass is 9.64. The molecule has 1 heteroatoms. The molecule has 4 aromatic carbocycles. The molecule has 162 valence electrons. The van der Waals surface area contributed by atoms with Crippen molar-refractivity contribution in [2.45, 2.75) is 50.4 Å². The SMILES string of the molecule is Cc1ccc(C2CCCCC2)c2c1C1(c3ccccc3O2)c2ccccc2-c2ccccc21. The van der Waals surface area contributed by atoms with Crippen molar-refractivity contribution in [3.63, 3.8) is 0 Å². The number of para-hydroxylation sites is 1. The Morgan fingerprint density at radius 1 is 0.667 bits per heavy atom. The number of aryl methyl sites for hydroxylation is 1. The van der Waals surface area contributed by atoms with E-state index in [4.69, 9.17) is 4.74 Å². The molecule has 0 amide bonds. The summed E-state index contributed by atoms with van der Waals surface area (Å²) < 4.78 is 6.86. The van der Waals surface area contributed by atoms with Gasteiger partial charge in [0.2, 0.25) is 0 Å². The minimum atomic E-state index is -0.341. The second kappa shape index (κ2) is 7.09. The van der Waals surface area contributed by atoms with Crippen LogP contribution < -0.4 is 4.74 Å². The standard InChI is InChI=1S/C32H28O/c1-21-19-20-23(22-11-3-2-4-12-22)31-30(21)32(28-17-9-10-18-29(28)33-31)26-15-7-5-13-24(26)25-14-6-8-16-27(25)32/h5-10,13-20,22H,2-4,11-12H2,1H3. The van der Waals surface area contributed by atoms with Crippen molar-refractivity contribution in [1.82, 2.24) is 0 Å². The van der Waals surface area contributed by atoms with E-state index < -0.39 is 0 Å². The van der Waals surface area contributed by atoms with E-state index in [1.807, 2.05) is 0 Å². The van der Waals surface area contributed by atoms with Gasteiger partial charge in [-0.25, -0.2) is 0 Å². The molecule has 1 fully saturated rings. The minimum absolute atomic E-state index is 0.341. The van der Waals surface area contributed by atoms with Crippen molar-refractivity contribution < 1.29 is 4.74 Å². The molecule has 0 radical (unpaired) electrons. The van der Waals surface area contributed by atoms with E-state index in [0.29, 0.717) is 5.92 Å². The molecule has 0 N–H and O–H groups in total. The van der Waals surface area contributed by atoms with Crippen molar-refractivity contribution in [2.75, 3.05) is 0 Å². The summed E-state index contributed by atoms with van der Waals surface area (Å²) in [6.45, 7) is 2.27. The average molecular weight is 429 g/mol. The fraction of sp³-hybridized carbons (Fsp3) is 0.250. The van der Waals surface area contributed by atoms with Gasteiger partial charge in [-0.05, 0) is 65.1 Å². The molecule has 1 saturated carbocycles. The fourth-order valence-electron chi connectivity index (χ4n) is 6.91. The molecule has 1 heterocycles. The maximum atomic E-state index is 6.86. The van der Waals surface area contributed by atoms with Gasteiger partial charge in [0.15, 0.2) is 0 Å². The summed E-state index contributed by atoms with van der Waals surface area (Å²) in [6.07, 6.45) is 6.53. The first-order chi connectivity index (χ1) is 16.3. The molecule has 0 bridgehead atoms. The van der Waals surface area contributed by atoms with Crippen molar-refractivity contribution in [1.29, 1.82) is 0 Å². The second-order valence-electron chi connectivity index (χ2n) is 9.95. The van der Waals surface area contributed by atoms with Gasteiger partial charge in [0.1, 0.15) is 11.5 Å². The first kappa shape index (κ1) is 19.2. The molecule has 2 aliphatic carbocycles. The zero-order valence-electron chi connectivity index (χ0n) is 19.1. The predicted octanol–water partition coefficient (Wildman–Crippen LogP) is 8.51. The average Bonchev–Trinajstić information content (AvgIpc) is 3.16. The van der Waals surface area contributed by atoms with Crippen LogP contribution in [0.25, 0.3) is 11.1 Å². The summed E-state index contributed by atoms with van der Waals surface area (Å²) in [6, 6.07) is 31.4. The summed E-state index contributed by atoms with van der Waals surface area (Å²) in [5.74, 6) is 2.70. The quantitative estimate of drug-likeness (QED) is 0.255. The van der Waals surface area contributed by atoms with Crippen LogP contribution in [0.4, 0.5) is 0 Å². The Hall–Kier alpha value is -3.32. The number of hydrogen-bond acceptors (Lipinski definition) is 1. The number of benzene rings is 4. The highest BCUT2D eigenvalue weighted by molar-refractivity contribution is 5.89. The highest BCUT2D eigenvalue weighted by Gasteiger charge is 2.52. The summed E-state index contributed by atoms with van der Waals surface area (Å²) in [5, 5.41) is 0. The minimum Gasteiger partial charge on any atom is -0.456 e. The Morgan fingerprint density at radius 2 is 1.27 bits per heavy atom. The highest BCUT2D eigenvalue weighted by atomic mass is 16.5. The summed E-state index contributed by atoms with van der Waals surface area (Å²) in [4.78, 5) is 0. The third-order valence-corrected chi connectivity index (χ3v) is 8.27. The first-order valence-electron chi connectivity index (χ1n) is 12.4. The van der Waals surface area contributed by atoms with Crippen LogP contribution in [0.15, 0.2) is 84.9 Å². The van der Waals surface area contributed by atoms with E-state index >= 15 is 0 Å². The zero-order valence-corrected chi connectivity index (χ0v) is 19.1. The molecule has 1 spiro atoms. The Labute approximate surface area is 196 Å². The van der Waals surface area contributed by atoms with E-state index in [1.165, 1.54) is 76.6 Å². The maximum Gasteiger partial charge on any atom is 0.135 e. The highest BCUT2D eigenvalue weighted by Crippen LogP contribution is 2.63. The van der Waals surface area contributed by atoms with E-state index in [0.717, 1.165) is 11.5 Å². The third-order valence-electron chi connectivity index (χ3n) is 8.27. The Morgan fingerprint density at radius 3 is 1.97 bits per heavy atom. The molecule has 33 heavy (non-hydrogen) atoms. The summed E-state index contributed by atoms with van der Waals surface area (Å²) >= 11 is 0. The molecule has 1 aliphatic heterocycles. The lowest BCUT2D eigenvalue weighted by Gasteiger charge is -2.42. The van der Waals surface area contributed by atoms with Gasteiger partial charge in [0.05, 0.1) is 5.41 Å². The molecule has 0 aromatic heterocycles. The summed E-state index contributed by atoms with van der Waals surface area (Å²) in [5.41, 5.74) is 10.4. The van der Waals surface area contributed by atoms with Crippen LogP contribution in [-0.4, -0.2) is 0 Å². The number of rotatable bonds is 1. The number of ether oxygens (including phenoxy) is 1. The predicted molar refractivity (Wildman–Crippen MR) is 134 cm³/mol. The Balaban J connectivity index is 1.63. The lowest BCUT2D eigenvalue weighted by Crippen LogP contribution is -2.33. The van der Waals surface area contributed by atoms with Gasteiger partial charge >= 0.3 is 0 Å². The molecule has 0 saturated heterocycles. The van der Waals surface area contributed by atoms with Crippen molar-refractivity contribution >= 4 is 0 Å². The van der Waals surface area contributed by atoms with Gasteiger partial charge in [-0.1, -0.05) is 98.1 Å². The van der Waals surface area contributed by atoms with Gasteiger partial charge in [-0.15, -0.1) is 0 Å². The Kier molecular flexibility index (Phi) is 4.12. The third kappa shape index (κ3) is 2.48. The van der Waals surface area contributed by atoms with Gasteiger partial charge < -0.3 is 4.74 Å². The largest absolute Gasteiger partial charge is 0.456 e. The van der Waals surface area contributed by atoms with Crippen LogP contribution in [0.3, 0.4) is 0 Å². The van der Waals surface area contributed by atoms with Crippen molar-refractivity contribution in [3.8, 4) is 22.6 Å².